The summed E-state index contributed by atoms with van der Waals surface area (Å²) < 4.78 is 31.7. The molecule has 11 heavy (non-hydrogen) atoms. The van der Waals surface area contributed by atoms with E-state index in [-0.39, 0.29) is 29.6 Å². The number of para-hydroxylation sites is 1. The van der Waals surface area contributed by atoms with E-state index in [1.807, 2.05) is 0 Å². The Morgan fingerprint density at radius 3 is 2.09 bits per heavy atom. The zero-order valence-electron chi connectivity index (χ0n) is 9.26. The first kappa shape index (κ1) is 4.49. The van der Waals surface area contributed by atoms with Gasteiger partial charge in [0.1, 0.15) is 0 Å². The lowest BCUT2D eigenvalue weighted by atomic mass is 10.3. The number of aromatic hydroxyl groups is 1. The largest absolute Gasteiger partial charge is 0.502 e. The van der Waals surface area contributed by atoms with Crippen LogP contribution in [0.5, 0.6) is 17.2 Å². The average Bonchev–Trinajstić information content (AvgIpc) is 2.16. The van der Waals surface area contributed by atoms with Gasteiger partial charge in [0.2, 0.25) is 5.75 Å². The van der Waals surface area contributed by atoms with Crippen molar-refractivity contribution in [1.29, 1.82) is 0 Å². The van der Waals surface area contributed by atoms with E-state index in [0.29, 0.717) is 0 Å². The van der Waals surface area contributed by atoms with Crippen molar-refractivity contribution in [2.24, 2.45) is 0 Å². The maximum absolute atomic E-state index is 9.50. The standard InChI is InChI=1S/C8H10O3/c1-10-6-4-3-5-7(11-2)8(6)9/h3-5,9H,1-2H3/i3D,4D,5D. The van der Waals surface area contributed by atoms with E-state index in [9.17, 15) is 5.11 Å². The normalized spacial score (nSPS) is 13.1. The molecule has 0 bridgehead atoms. The molecule has 0 radical (unpaired) electrons. The quantitative estimate of drug-likeness (QED) is 0.705. The summed E-state index contributed by atoms with van der Waals surface area (Å²) in [6.45, 7) is 0. The maximum atomic E-state index is 9.50. The zero-order valence-corrected chi connectivity index (χ0v) is 6.26. The van der Waals surface area contributed by atoms with Crippen LogP contribution in [-0.2, 0) is 0 Å². The molecule has 60 valence electrons. The Hall–Kier alpha value is -1.38. The van der Waals surface area contributed by atoms with Crippen molar-refractivity contribution in [3.8, 4) is 17.2 Å². The minimum Gasteiger partial charge on any atom is -0.502 e. The Bertz CT molecular complexity index is 334. The van der Waals surface area contributed by atoms with Crippen LogP contribution in [-0.4, -0.2) is 19.3 Å². The summed E-state index contributed by atoms with van der Waals surface area (Å²) in [4.78, 5) is 0. The van der Waals surface area contributed by atoms with Crippen molar-refractivity contribution in [1.82, 2.24) is 0 Å². The summed E-state index contributed by atoms with van der Waals surface area (Å²) in [5.41, 5.74) is 0. The van der Waals surface area contributed by atoms with E-state index in [4.69, 9.17) is 13.6 Å². The molecule has 0 aliphatic rings. The lowest BCUT2D eigenvalue weighted by Gasteiger charge is -2.06. The number of hydrogen-bond acceptors (Lipinski definition) is 3. The molecule has 1 aromatic rings. The molecule has 0 atom stereocenters. The van der Waals surface area contributed by atoms with Crippen molar-refractivity contribution in [3.05, 3.63) is 18.1 Å². The van der Waals surface area contributed by atoms with Gasteiger partial charge in [-0.25, -0.2) is 0 Å². The number of phenolic OH excluding ortho intramolecular Hbond substituents is 1. The van der Waals surface area contributed by atoms with E-state index in [1.165, 1.54) is 14.2 Å². The zero-order chi connectivity index (χ0) is 10.9. The Kier molecular flexibility index (Phi) is 1.28. The van der Waals surface area contributed by atoms with Gasteiger partial charge >= 0.3 is 0 Å². The molecule has 0 aromatic heterocycles. The monoisotopic (exact) mass is 157 g/mol. The average molecular weight is 157 g/mol. The number of hydrogen-bond donors (Lipinski definition) is 1. The van der Waals surface area contributed by atoms with Gasteiger partial charge in [-0.2, -0.15) is 0 Å². The molecule has 1 N–H and O–H groups in total. The third-order valence-corrected chi connectivity index (χ3v) is 1.19. The highest BCUT2D eigenvalue weighted by atomic mass is 16.5. The Morgan fingerprint density at radius 2 is 1.73 bits per heavy atom. The van der Waals surface area contributed by atoms with Crippen LogP contribution in [0.2, 0.25) is 0 Å². The lowest BCUT2D eigenvalue weighted by Crippen LogP contribution is -1.87. The van der Waals surface area contributed by atoms with Gasteiger partial charge in [-0.3, -0.25) is 0 Å². The van der Waals surface area contributed by atoms with Crippen molar-refractivity contribution in [2.45, 2.75) is 0 Å². The summed E-state index contributed by atoms with van der Waals surface area (Å²) in [5.74, 6) is -0.716. The molecule has 0 heterocycles. The summed E-state index contributed by atoms with van der Waals surface area (Å²) in [6, 6.07) is -0.983. The molecule has 0 unspecified atom stereocenters. The predicted molar refractivity (Wildman–Crippen MR) is 41.2 cm³/mol. The van der Waals surface area contributed by atoms with Crippen molar-refractivity contribution in [3.63, 3.8) is 0 Å². The second kappa shape index (κ2) is 3.14. The van der Waals surface area contributed by atoms with Crippen molar-refractivity contribution >= 4 is 0 Å². The fourth-order valence-electron chi connectivity index (χ4n) is 0.662. The summed E-state index contributed by atoms with van der Waals surface area (Å²) in [6.07, 6.45) is 0. The van der Waals surface area contributed by atoms with Gasteiger partial charge < -0.3 is 14.6 Å². The molecule has 0 aliphatic heterocycles. The number of benzene rings is 1. The molecule has 1 rings (SSSR count). The molecule has 1 aromatic carbocycles. The van der Waals surface area contributed by atoms with E-state index in [0.717, 1.165) is 0 Å². The van der Waals surface area contributed by atoms with E-state index in [1.54, 1.807) is 0 Å². The van der Waals surface area contributed by atoms with Crippen LogP contribution in [0.3, 0.4) is 0 Å². The fourth-order valence-corrected chi connectivity index (χ4v) is 0.662. The third-order valence-electron chi connectivity index (χ3n) is 1.19. The maximum Gasteiger partial charge on any atom is 0.200 e. The van der Waals surface area contributed by atoms with Crippen LogP contribution in [0, 0.1) is 0 Å². The molecule has 3 nitrogen and oxygen atoms in total. The van der Waals surface area contributed by atoms with Crippen LogP contribution < -0.4 is 9.47 Å². The molecule has 0 aliphatic carbocycles. The number of ether oxygens (including phenoxy) is 2. The van der Waals surface area contributed by atoms with Gasteiger partial charge in [0.15, 0.2) is 11.5 Å². The lowest BCUT2D eigenvalue weighted by molar-refractivity contribution is 0.340. The molecule has 0 saturated heterocycles. The van der Waals surface area contributed by atoms with Crippen LogP contribution in [0.1, 0.15) is 4.11 Å². The highest BCUT2D eigenvalue weighted by Gasteiger charge is 2.05. The first-order valence-corrected chi connectivity index (χ1v) is 2.95. The third kappa shape index (κ3) is 1.37. The summed E-state index contributed by atoms with van der Waals surface area (Å²) in [7, 11) is 2.55. The van der Waals surface area contributed by atoms with E-state index >= 15 is 0 Å². The van der Waals surface area contributed by atoms with Crippen molar-refractivity contribution < 1.29 is 18.7 Å². The molecule has 0 saturated carbocycles. The van der Waals surface area contributed by atoms with Gasteiger partial charge in [-0.1, -0.05) is 6.04 Å². The Labute approximate surface area is 69.4 Å². The molecule has 0 amide bonds. The van der Waals surface area contributed by atoms with Crippen LogP contribution in [0.25, 0.3) is 0 Å². The number of rotatable bonds is 2. The SMILES string of the molecule is [2H]c1c([2H])c(OC)c(O)c(OC)c1[2H]. The second-order valence-electron chi connectivity index (χ2n) is 1.79. The molecule has 0 fully saturated rings. The Balaban J connectivity index is 3.56. The molecule has 3 heteroatoms. The minimum atomic E-state index is -0.416. The van der Waals surface area contributed by atoms with Crippen molar-refractivity contribution in [2.75, 3.05) is 14.2 Å². The highest BCUT2D eigenvalue weighted by Crippen LogP contribution is 2.34. The first-order valence-electron chi connectivity index (χ1n) is 4.45. The van der Waals surface area contributed by atoms with Gasteiger partial charge in [0.05, 0.1) is 18.3 Å². The van der Waals surface area contributed by atoms with Gasteiger partial charge in [0, 0.05) is 0 Å². The fraction of sp³-hybridized carbons (Fsp3) is 0.250. The van der Waals surface area contributed by atoms with Gasteiger partial charge in [0.25, 0.3) is 0 Å². The van der Waals surface area contributed by atoms with E-state index < -0.39 is 5.75 Å². The first-order chi connectivity index (χ1) is 6.54. The van der Waals surface area contributed by atoms with Crippen LogP contribution >= 0.6 is 0 Å². The van der Waals surface area contributed by atoms with E-state index in [2.05, 4.69) is 0 Å². The molecular formula is C8H10O3. The van der Waals surface area contributed by atoms with Gasteiger partial charge in [-0.05, 0) is 12.1 Å². The molecular weight excluding hydrogens is 144 g/mol. The van der Waals surface area contributed by atoms with Crippen LogP contribution in [0.15, 0.2) is 18.1 Å². The Morgan fingerprint density at radius 1 is 1.27 bits per heavy atom. The smallest absolute Gasteiger partial charge is 0.200 e. The minimum absolute atomic E-state index is 0.150. The second-order valence-corrected chi connectivity index (χ2v) is 1.79. The topological polar surface area (TPSA) is 38.7 Å². The number of phenols is 1. The predicted octanol–water partition coefficient (Wildman–Crippen LogP) is 1.41. The highest BCUT2D eigenvalue weighted by molar-refractivity contribution is 5.49. The van der Waals surface area contributed by atoms with Crippen LogP contribution in [0.4, 0.5) is 0 Å². The number of methoxy groups -OCH3 is 2. The van der Waals surface area contributed by atoms with Gasteiger partial charge in [-0.15, -0.1) is 0 Å². The molecule has 0 spiro atoms. The summed E-state index contributed by atoms with van der Waals surface area (Å²) in [5, 5.41) is 9.50. The summed E-state index contributed by atoms with van der Waals surface area (Å²) >= 11 is 0.